The predicted octanol–water partition coefficient (Wildman–Crippen LogP) is -2.23. The van der Waals surface area contributed by atoms with Crippen LogP contribution in [0.25, 0.3) is 0 Å². The minimum Gasteiger partial charge on any atom is -0.484 e. The maximum absolute atomic E-state index is 14.2. The summed E-state index contributed by atoms with van der Waals surface area (Å²) in [4.78, 5) is 61.9. The minimum absolute atomic E-state index is 0.00413. The van der Waals surface area contributed by atoms with Crippen molar-refractivity contribution in [2.45, 2.75) is 74.3 Å². The molecule has 1 aromatic rings. The molecule has 0 saturated carbocycles. The second-order valence-corrected chi connectivity index (χ2v) is 12.9. The number of aliphatic hydroxyl groups is 2. The summed E-state index contributed by atoms with van der Waals surface area (Å²) in [6, 6.07) is 7.34. The smallest absolute Gasteiger partial charge is 0.261 e. The van der Waals surface area contributed by atoms with Gasteiger partial charge in [-0.05, 0) is 51.5 Å². The van der Waals surface area contributed by atoms with E-state index >= 15 is 0 Å². The molecule has 246 valence electrons. The maximum atomic E-state index is 14.2. The van der Waals surface area contributed by atoms with Crippen molar-refractivity contribution in [3.63, 3.8) is 0 Å². The quantitative estimate of drug-likeness (QED) is 0.287. The lowest BCUT2D eigenvalue weighted by Crippen LogP contribution is -2.64. The molecule has 6 bridgehead atoms. The largest absolute Gasteiger partial charge is 0.484 e. The van der Waals surface area contributed by atoms with Gasteiger partial charge in [0.05, 0.1) is 25.1 Å². The number of hydrogen-bond donors (Lipinski definition) is 4. The number of para-hydroxylation sites is 1. The Morgan fingerprint density at radius 2 is 1.71 bits per heavy atom. The van der Waals surface area contributed by atoms with Crippen LogP contribution in [0.15, 0.2) is 30.3 Å². The summed E-state index contributed by atoms with van der Waals surface area (Å²) in [7, 11) is 2.08. The van der Waals surface area contributed by atoms with Crippen LogP contribution in [0.5, 0.6) is 5.75 Å². The molecule has 0 spiro atoms. The summed E-state index contributed by atoms with van der Waals surface area (Å²) in [6.07, 6.45) is -2.46. The summed E-state index contributed by atoms with van der Waals surface area (Å²) in [6.45, 7) is 2.31. The van der Waals surface area contributed by atoms with Crippen LogP contribution in [0.3, 0.4) is 0 Å². The molecule has 14 heteroatoms. The van der Waals surface area contributed by atoms with Crippen molar-refractivity contribution in [3.8, 4) is 5.75 Å². The number of piperazine rings is 1. The van der Waals surface area contributed by atoms with Gasteiger partial charge < -0.3 is 45.0 Å². The van der Waals surface area contributed by atoms with E-state index in [0.29, 0.717) is 18.7 Å². The zero-order valence-corrected chi connectivity index (χ0v) is 25.6. The van der Waals surface area contributed by atoms with Crippen molar-refractivity contribution < 1.29 is 38.9 Å². The lowest BCUT2D eigenvalue weighted by molar-refractivity contribution is -0.151. The molecule has 5 heterocycles. The number of carbonyl (C=O) groups is 4. The van der Waals surface area contributed by atoms with Gasteiger partial charge in [-0.25, -0.2) is 0 Å². The fourth-order valence-corrected chi connectivity index (χ4v) is 7.35. The lowest BCUT2D eigenvalue weighted by atomic mass is 10.0. The van der Waals surface area contributed by atoms with Crippen molar-refractivity contribution in [2.24, 2.45) is 0 Å². The fraction of sp³-hybridized carbons (Fsp3) is 0.677. The van der Waals surface area contributed by atoms with E-state index in [0.717, 1.165) is 25.9 Å². The monoisotopic (exact) mass is 628 g/mol. The molecular weight excluding hydrogens is 584 g/mol. The molecule has 5 aliphatic heterocycles. The number of aliphatic hydroxyl groups excluding tert-OH is 2. The molecule has 0 aromatic heterocycles. The zero-order chi connectivity index (χ0) is 31.7. The Labute approximate surface area is 262 Å². The van der Waals surface area contributed by atoms with Gasteiger partial charge in [-0.1, -0.05) is 18.2 Å². The number of carbonyl (C=O) groups excluding carboxylic acids is 4. The Balaban J connectivity index is 1.24. The van der Waals surface area contributed by atoms with Crippen LogP contribution in [0.2, 0.25) is 0 Å². The summed E-state index contributed by atoms with van der Waals surface area (Å²) in [5.74, 6) is -0.799. The minimum atomic E-state index is -1.31. The highest BCUT2D eigenvalue weighted by atomic mass is 16.5. The molecule has 5 fully saturated rings. The van der Waals surface area contributed by atoms with Crippen molar-refractivity contribution in [1.29, 1.82) is 0 Å². The summed E-state index contributed by atoms with van der Waals surface area (Å²) in [5.41, 5.74) is 0. The number of nitrogens with zero attached hydrogens (tertiary/aromatic N) is 4. The van der Waals surface area contributed by atoms with E-state index in [1.165, 1.54) is 4.90 Å². The summed E-state index contributed by atoms with van der Waals surface area (Å²) >= 11 is 0. The third-order valence-corrected chi connectivity index (χ3v) is 9.89. The Morgan fingerprint density at radius 3 is 2.47 bits per heavy atom. The first-order valence-corrected chi connectivity index (χ1v) is 16.0. The first-order valence-electron chi connectivity index (χ1n) is 16.0. The van der Waals surface area contributed by atoms with Gasteiger partial charge in [0.2, 0.25) is 17.7 Å². The van der Waals surface area contributed by atoms with Crippen LogP contribution >= 0.6 is 0 Å². The molecule has 45 heavy (non-hydrogen) atoms. The number of fused-ring (bicyclic) bond motifs is 6. The Hall–Kier alpha value is -3.30. The average molecular weight is 629 g/mol. The molecule has 1 aromatic carbocycles. The van der Waals surface area contributed by atoms with Crippen LogP contribution in [-0.4, -0.2) is 161 Å². The number of hydrogen-bond acceptors (Lipinski definition) is 10. The topological polar surface area (TPSA) is 164 Å². The van der Waals surface area contributed by atoms with E-state index in [1.54, 1.807) is 29.2 Å². The normalized spacial score (nSPS) is 34.0. The van der Waals surface area contributed by atoms with E-state index < -0.39 is 42.4 Å². The van der Waals surface area contributed by atoms with Gasteiger partial charge in [0.15, 0.2) is 6.61 Å². The summed E-state index contributed by atoms with van der Waals surface area (Å²) in [5, 5.41) is 27.1. The van der Waals surface area contributed by atoms with Gasteiger partial charge in [-0.2, -0.15) is 0 Å². The van der Waals surface area contributed by atoms with Crippen molar-refractivity contribution in [3.05, 3.63) is 30.3 Å². The Kier molecular flexibility index (Phi) is 9.57. The number of rotatable bonds is 4. The van der Waals surface area contributed by atoms with Crippen molar-refractivity contribution in [1.82, 2.24) is 30.2 Å². The highest BCUT2D eigenvalue weighted by molar-refractivity contribution is 5.90. The highest BCUT2D eigenvalue weighted by Gasteiger charge is 2.48. The molecule has 4 N–H and O–H groups in total. The van der Waals surface area contributed by atoms with Crippen molar-refractivity contribution >= 4 is 23.6 Å². The number of ether oxygens (including phenoxy) is 2. The van der Waals surface area contributed by atoms with Crippen molar-refractivity contribution in [2.75, 3.05) is 59.5 Å². The van der Waals surface area contributed by atoms with Gasteiger partial charge in [-0.15, -0.1) is 0 Å². The SMILES string of the molecule is CN1CCC(N2C[C@@H]3C[C@H]2C(=O)N2CCN(C(=O)COc4ccccc4)[C@@H](C2)C(=O)NC[C@H]2O[C@@H](CC(=O)N3)[C@H](O)[C@@H]2O)CC1. The summed E-state index contributed by atoms with van der Waals surface area (Å²) < 4.78 is 11.5. The van der Waals surface area contributed by atoms with Gasteiger partial charge in [0, 0.05) is 38.3 Å². The first kappa shape index (κ1) is 31.7. The number of nitrogens with one attached hydrogen (secondary N) is 2. The number of piperidine rings is 1. The second kappa shape index (κ2) is 13.6. The zero-order valence-electron chi connectivity index (χ0n) is 25.6. The van der Waals surface area contributed by atoms with E-state index in [4.69, 9.17) is 9.47 Å². The standard InChI is InChI=1S/C31H44N6O8/c1-34-9-7-20(8-10-34)37-16-19-13-22(37)31(43)35-11-12-36(27(39)18-44-21-5-3-2-4-6-21)23(17-35)30(42)32-15-25-29(41)28(40)24(45-25)14-26(38)33-19/h2-6,19-20,22-25,28-29,40-41H,7-18H2,1H3,(H,32,42)(H,33,38)/t19-,22-,23-,24-,25+,28-,29+/m0/s1. The van der Waals surface area contributed by atoms with Gasteiger partial charge >= 0.3 is 0 Å². The van der Waals surface area contributed by atoms with Crippen LogP contribution in [0, 0.1) is 0 Å². The maximum Gasteiger partial charge on any atom is 0.261 e. The highest BCUT2D eigenvalue weighted by Crippen LogP contribution is 2.29. The Morgan fingerprint density at radius 1 is 0.978 bits per heavy atom. The average Bonchev–Trinajstić information content (AvgIpc) is 3.58. The van der Waals surface area contributed by atoms with Crippen LogP contribution in [0.4, 0.5) is 0 Å². The van der Waals surface area contributed by atoms with Crippen LogP contribution < -0.4 is 15.4 Å². The molecule has 0 radical (unpaired) electrons. The third kappa shape index (κ3) is 6.94. The lowest BCUT2D eigenvalue weighted by Gasteiger charge is -2.43. The Bertz CT molecular complexity index is 1250. The van der Waals surface area contributed by atoms with E-state index in [-0.39, 0.29) is 69.0 Å². The van der Waals surface area contributed by atoms with E-state index in [1.807, 2.05) is 6.07 Å². The van der Waals surface area contributed by atoms with Crippen LogP contribution in [0.1, 0.15) is 25.7 Å². The number of benzene rings is 1. The fourth-order valence-electron chi connectivity index (χ4n) is 7.35. The molecule has 7 atom stereocenters. The molecule has 0 unspecified atom stereocenters. The van der Waals surface area contributed by atoms with Gasteiger partial charge in [0.25, 0.3) is 5.91 Å². The first-order chi connectivity index (χ1) is 21.7. The molecular formula is C31H44N6O8. The van der Waals surface area contributed by atoms with Gasteiger partial charge in [-0.3, -0.25) is 24.1 Å². The predicted molar refractivity (Wildman–Crippen MR) is 160 cm³/mol. The molecule has 5 aliphatic rings. The number of amides is 4. The molecule has 14 nitrogen and oxygen atoms in total. The van der Waals surface area contributed by atoms with E-state index in [9.17, 15) is 29.4 Å². The molecule has 0 aliphatic carbocycles. The number of likely N-dealkylation sites (tertiary alicyclic amines) is 2. The van der Waals surface area contributed by atoms with Gasteiger partial charge in [0.1, 0.15) is 30.1 Å². The molecule has 5 saturated heterocycles. The van der Waals surface area contributed by atoms with E-state index in [2.05, 4.69) is 27.5 Å². The second-order valence-electron chi connectivity index (χ2n) is 12.9. The third-order valence-electron chi connectivity index (χ3n) is 9.89. The molecule has 4 amide bonds. The molecule has 6 rings (SSSR count). The van der Waals surface area contributed by atoms with Crippen LogP contribution in [-0.2, 0) is 23.9 Å².